The Hall–Kier alpha value is -1.96. The summed E-state index contributed by atoms with van der Waals surface area (Å²) in [6.07, 6.45) is 1.43. The maximum absolute atomic E-state index is 12.1. The summed E-state index contributed by atoms with van der Waals surface area (Å²) in [6, 6.07) is 8.69. The molecule has 0 aliphatic carbocycles. The van der Waals surface area contributed by atoms with Gasteiger partial charge in [0.25, 0.3) is 5.91 Å². The zero-order valence-corrected chi connectivity index (χ0v) is 13.2. The molecule has 1 unspecified atom stereocenters. The maximum Gasteiger partial charge on any atom is 0.251 e. The van der Waals surface area contributed by atoms with Gasteiger partial charge in [0.15, 0.2) is 0 Å². The molecule has 22 heavy (non-hydrogen) atoms. The lowest BCUT2D eigenvalue weighted by Crippen LogP contribution is -2.27. The molecule has 8 heteroatoms. The number of halogens is 1. The highest BCUT2D eigenvalue weighted by atomic mass is 35.5. The van der Waals surface area contributed by atoms with Gasteiger partial charge < -0.3 is 5.32 Å². The van der Waals surface area contributed by atoms with Gasteiger partial charge in [0.2, 0.25) is 10.0 Å². The first-order chi connectivity index (χ1) is 10.3. The number of benzene rings is 1. The number of amides is 1. The van der Waals surface area contributed by atoms with Gasteiger partial charge in [-0.1, -0.05) is 23.7 Å². The van der Waals surface area contributed by atoms with E-state index in [4.69, 9.17) is 16.7 Å². The SMILES string of the molecule is CC(NC(=O)c1ccnc(Cl)c1)c1cccc(S(N)(=O)=O)c1. The summed E-state index contributed by atoms with van der Waals surface area (Å²) >= 11 is 5.74. The van der Waals surface area contributed by atoms with Crippen molar-refractivity contribution in [1.82, 2.24) is 10.3 Å². The molecule has 1 atom stereocenters. The molecule has 1 heterocycles. The minimum atomic E-state index is -3.78. The van der Waals surface area contributed by atoms with Gasteiger partial charge in [-0.3, -0.25) is 4.79 Å². The molecular weight excluding hydrogens is 326 g/mol. The molecular formula is C14H14ClN3O3S. The third-order valence-electron chi connectivity index (χ3n) is 3.02. The first-order valence-electron chi connectivity index (χ1n) is 6.32. The Morgan fingerprint density at radius 1 is 1.32 bits per heavy atom. The summed E-state index contributed by atoms with van der Waals surface area (Å²) in [5, 5.41) is 8.07. The number of pyridine rings is 1. The van der Waals surface area contributed by atoms with Crippen molar-refractivity contribution in [3.8, 4) is 0 Å². The topological polar surface area (TPSA) is 102 Å². The van der Waals surface area contributed by atoms with Crippen molar-refractivity contribution in [2.24, 2.45) is 5.14 Å². The van der Waals surface area contributed by atoms with Crippen molar-refractivity contribution < 1.29 is 13.2 Å². The molecule has 0 aliphatic rings. The van der Waals surface area contributed by atoms with E-state index >= 15 is 0 Å². The van der Waals surface area contributed by atoms with Crippen molar-refractivity contribution in [2.45, 2.75) is 17.9 Å². The standard InChI is InChI=1S/C14H14ClN3O3S/c1-9(10-3-2-4-12(7-10)22(16,20)21)18-14(19)11-5-6-17-13(15)8-11/h2-9H,1H3,(H,18,19)(H2,16,20,21). The predicted octanol–water partition coefficient (Wildman–Crippen LogP) is 1.87. The van der Waals surface area contributed by atoms with E-state index in [1.807, 2.05) is 0 Å². The number of primary sulfonamides is 1. The highest BCUT2D eigenvalue weighted by molar-refractivity contribution is 7.89. The van der Waals surface area contributed by atoms with Crippen LogP contribution in [0.25, 0.3) is 0 Å². The van der Waals surface area contributed by atoms with Gasteiger partial charge in [0, 0.05) is 11.8 Å². The van der Waals surface area contributed by atoms with E-state index in [0.29, 0.717) is 11.1 Å². The fraction of sp³-hybridized carbons (Fsp3) is 0.143. The second-order valence-corrected chi connectivity index (χ2v) is 6.63. The second-order valence-electron chi connectivity index (χ2n) is 4.68. The van der Waals surface area contributed by atoms with E-state index in [2.05, 4.69) is 10.3 Å². The molecule has 0 aliphatic heterocycles. The molecule has 2 aromatic rings. The Bertz CT molecular complexity index is 808. The van der Waals surface area contributed by atoms with Gasteiger partial charge >= 0.3 is 0 Å². The molecule has 1 amide bonds. The Balaban J connectivity index is 2.19. The van der Waals surface area contributed by atoms with Crippen LogP contribution in [0.3, 0.4) is 0 Å². The van der Waals surface area contributed by atoms with Gasteiger partial charge in [-0.15, -0.1) is 0 Å². The van der Waals surface area contributed by atoms with Crippen LogP contribution in [0.5, 0.6) is 0 Å². The van der Waals surface area contributed by atoms with Crippen molar-refractivity contribution >= 4 is 27.5 Å². The lowest BCUT2D eigenvalue weighted by Gasteiger charge is -2.15. The largest absolute Gasteiger partial charge is 0.346 e. The van der Waals surface area contributed by atoms with Crippen molar-refractivity contribution in [1.29, 1.82) is 0 Å². The monoisotopic (exact) mass is 339 g/mol. The average molecular weight is 340 g/mol. The molecule has 0 bridgehead atoms. The zero-order chi connectivity index (χ0) is 16.3. The summed E-state index contributed by atoms with van der Waals surface area (Å²) in [6.45, 7) is 1.74. The Morgan fingerprint density at radius 2 is 2.05 bits per heavy atom. The Kier molecular flexibility index (Phi) is 4.80. The minimum Gasteiger partial charge on any atom is -0.346 e. The summed E-state index contributed by atoms with van der Waals surface area (Å²) < 4.78 is 22.7. The van der Waals surface area contributed by atoms with Gasteiger partial charge in [-0.05, 0) is 36.8 Å². The first-order valence-corrected chi connectivity index (χ1v) is 8.25. The third kappa shape index (κ3) is 4.03. The Labute approximate surface area is 133 Å². The fourth-order valence-electron chi connectivity index (χ4n) is 1.87. The van der Waals surface area contributed by atoms with Crippen LogP contribution < -0.4 is 10.5 Å². The molecule has 0 spiro atoms. The Morgan fingerprint density at radius 3 is 2.68 bits per heavy atom. The van der Waals surface area contributed by atoms with Gasteiger partial charge in [0.1, 0.15) is 5.15 Å². The highest BCUT2D eigenvalue weighted by Gasteiger charge is 2.14. The smallest absolute Gasteiger partial charge is 0.251 e. The van der Waals surface area contributed by atoms with Crippen LogP contribution in [0.4, 0.5) is 0 Å². The lowest BCUT2D eigenvalue weighted by molar-refractivity contribution is 0.0939. The van der Waals surface area contributed by atoms with E-state index in [-0.39, 0.29) is 16.0 Å². The lowest BCUT2D eigenvalue weighted by atomic mass is 10.1. The summed E-state index contributed by atoms with van der Waals surface area (Å²) in [4.78, 5) is 15.9. The predicted molar refractivity (Wildman–Crippen MR) is 82.9 cm³/mol. The number of rotatable bonds is 4. The molecule has 0 radical (unpaired) electrons. The second kappa shape index (κ2) is 6.43. The number of nitrogens with zero attached hydrogens (tertiary/aromatic N) is 1. The molecule has 1 aromatic heterocycles. The normalized spacial score (nSPS) is 12.7. The van der Waals surface area contributed by atoms with Crippen LogP contribution in [0.15, 0.2) is 47.5 Å². The number of nitrogens with two attached hydrogens (primary N) is 1. The summed E-state index contributed by atoms with van der Waals surface area (Å²) in [5.41, 5.74) is 0.995. The van der Waals surface area contributed by atoms with Crippen LogP contribution in [0.2, 0.25) is 5.15 Å². The highest BCUT2D eigenvalue weighted by Crippen LogP contribution is 2.17. The van der Waals surface area contributed by atoms with E-state index in [1.54, 1.807) is 19.1 Å². The fourth-order valence-corrected chi connectivity index (χ4v) is 2.61. The molecule has 116 valence electrons. The van der Waals surface area contributed by atoms with Crippen molar-refractivity contribution in [2.75, 3.05) is 0 Å². The van der Waals surface area contributed by atoms with Crippen LogP contribution in [-0.2, 0) is 10.0 Å². The zero-order valence-electron chi connectivity index (χ0n) is 11.7. The quantitative estimate of drug-likeness (QED) is 0.830. The number of hydrogen-bond donors (Lipinski definition) is 2. The third-order valence-corrected chi connectivity index (χ3v) is 4.14. The van der Waals surface area contributed by atoms with E-state index in [0.717, 1.165) is 0 Å². The number of carbonyl (C=O) groups excluding carboxylic acids is 1. The number of sulfonamides is 1. The first kappa shape index (κ1) is 16.4. The number of hydrogen-bond acceptors (Lipinski definition) is 4. The number of carbonyl (C=O) groups is 1. The maximum atomic E-state index is 12.1. The number of aromatic nitrogens is 1. The average Bonchev–Trinajstić information content (AvgIpc) is 2.46. The van der Waals surface area contributed by atoms with Gasteiger partial charge in [-0.25, -0.2) is 18.5 Å². The van der Waals surface area contributed by atoms with Crippen molar-refractivity contribution in [3.05, 3.63) is 58.9 Å². The summed E-state index contributed by atoms with van der Waals surface area (Å²) in [7, 11) is -3.78. The van der Waals surface area contributed by atoms with Crippen LogP contribution in [0, 0.1) is 0 Å². The molecule has 1 aromatic carbocycles. The minimum absolute atomic E-state index is 0.00180. The van der Waals surface area contributed by atoms with E-state index < -0.39 is 16.1 Å². The number of nitrogens with one attached hydrogen (secondary N) is 1. The van der Waals surface area contributed by atoms with Crippen LogP contribution in [-0.4, -0.2) is 19.3 Å². The molecule has 3 N–H and O–H groups in total. The van der Waals surface area contributed by atoms with Gasteiger partial charge in [0.05, 0.1) is 10.9 Å². The molecule has 0 saturated carbocycles. The summed E-state index contributed by atoms with van der Waals surface area (Å²) in [5.74, 6) is -0.335. The van der Waals surface area contributed by atoms with Crippen molar-refractivity contribution in [3.63, 3.8) is 0 Å². The van der Waals surface area contributed by atoms with E-state index in [9.17, 15) is 13.2 Å². The molecule has 2 rings (SSSR count). The molecule has 6 nitrogen and oxygen atoms in total. The van der Waals surface area contributed by atoms with Gasteiger partial charge in [-0.2, -0.15) is 0 Å². The van der Waals surface area contributed by atoms with Crippen LogP contribution in [0.1, 0.15) is 28.9 Å². The van der Waals surface area contributed by atoms with Crippen LogP contribution >= 0.6 is 11.6 Å². The molecule has 0 saturated heterocycles. The molecule has 0 fully saturated rings. The van der Waals surface area contributed by atoms with E-state index in [1.165, 1.54) is 30.5 Å².